The molecule has 1 aromatic carbocycles. The molecule has 2 N–H and O–H groups in total. The molecule has 2 unspecified atom stereocenters. The van der Waals surface area contributed by atoms with Crippen molar-refractivity contribution in [2.24, 2.45) is 0 Å². The number of nitrogens with zero attached hydrogens (tertiary/aromatic N) is 1. The summed E-state index contributed by atoms with van der Waals surface area (Å²) in [5.41, 5.74) is -1.84. The van der Waals surface area contributed by atoms with E-state index in [1.807, 2.05) is 0 Å². The third-order valence-corrected chi connectivity index (χ3v) is 3.74. The van der Waals surface area contributed by atoms with Crippen LogP contribution in [-0.4, -0.2) is 27.2 Å². The van der Waals surface area contributed by atoms with Crippen molar-refractivity contribution >= 4 is 16.9 Å². The van der Waals surface area contributed by atoms with Crippen LogP contribution in [0.25, 0.3) is 0 Å². The fourth-order valence-electron chi connectivity index (χ4n) is 1.82. The first-order chi connectivity index (χ1) is 10.2. The number of halogens is 3. The van der Waals surface area contributed by atoms with E-state index in [9.17, 15) is 28.2 Å². The van der Waals surface area contributed by atoms with Crippen LogP contribution in [0, 0.1) is 11.3 Å². The van der Waals surface area contributed by atoms with Crippen LogP contribution in [0.5, 0.6) is 0 Å². The molecular weight excluding hydrogens is 319 g/mol. The molecule has 1 rings (SSSR count). The molecule has 1 aromatic rings. The molecule has 0 aliphatic rings. The quantitative estimate of drug-likeness (QED) is 0.866. The average molecular weight is 333 g/mol. The molecule has 0 saturated carbocycles. The summed E-state index contributed by atoms with van der Waals surface area (Å²) < 4.78 is 39.0. The van der Waals surface area contributed by atoms with Crippen molar-refractivity contribution in [2.45, 2.75) is 31.7 Å². The Balaban J connectivity index is 2.99. The molecule has 0 aliphatic carbocycles. The van der Waals surface area contributed by atoms with E-state index in [4.69, 9.17) is 5.26 Å². The van der Waals surface area contributed by atoms with Crippen molar-refractivity contribution in [2.75, 3.05) is 5.75 Å². The highest BCUT2D eigenvalue weighted by Gasteiger charge is 2.36. The van der Waals surface area contributed by atoms with Crippen molar-refractivity contribution in [3.63, 3.8) is 0 Å². The lowest BCUT2D eigenvalue weighted by Gasteiger charge is -2.22. The highest BCUT2D eigenvalue weighted by Crippen LogP contribution is 2.36. The number of hydrogen-bond donors (Lipinski definition) is 2. The Labute approximate surface area is 129 Å². The van der Waals surface area contributed by atoms with Crippen LogP contribution in [0.2, 0.25) is 0 Å². The highest BCUT2D eigenvalue weighted by molar-refractivity contribution is 8.13. The summed E-state index contributed by atoms with van der Waals surface area (Å²) in [5.74, 6) is 0.186. The molecule has 22 heavy (non-hydrogen) atoms. The van der Waals surface area contributed by atoms with E-state index in [2.05, 4.69) is 0 Å². The maximum Gasteiger partial charge on any atom is 0.416 e. The minimum Gasteiger partial charge on any atom is -0.390 e. The lowest BCUT2D eigenvalue weighted by molar-refractivity contribution is -0.140. The first-order valence-corrected chi connectivity index (χ1v) is 7.26. The maximum absolute atomic E-state index is 13.0. The number of nitriles is 1. The van der Waals surface area contributed by atoms with E-state index >= 15 is 0 Å². The number of thioether (sulfide) groups is 1. The van der Waals surface area contributed by atoms with Gasteiger partial charge in [-0.25, -0.2) is 0 Å². The maximum atomic E-state index is 13.0. The van der Waals surface area contributed by atoms with Crippen LogP contribution < -0.4 is 0 Å². The minimum absolute atomic E-state index is 0.0390. The summed E-state index contributed by atoms with van der Waals surface area (Å²) >= 11 is 0.913. The molecule has 0 radical (unpaired) electrons. The molecule has 0 fully saturated rings. The zero-order chi connectivity index (χ0) is 16.9. The number of aliphatic hydroxyl groups excluding tert-OH is 2. The molecule has 0 aromatic heterocycles. The Kier molecular flexibility index (Phi) is 6.41. The molecule has 0 spiro atoms. The first kappa shape index (κ1) is 18.5. The molecule has 4 nitrogen and oxygen atoms in total. The van der Waals surface area contributed by atoms with Crippen LogP contribution >= 0.6 is 11.8 Å². The number of carbonyl (C=O) groups excluding carboxylic acids is 1. The van der Waals surface area contributed by atoms with Gasteiger partial charge >= 0.3 is 6.18 Å². The van der Waals surface area contributed by atoms with E-state index in [0.717, 1.165) is 23.9 Å². The summed E-state index contributed by atoms with van der Waals surface area (Å²) in [6.45, 7) is 1.33. The first-order valence-electron chi connectivity index (χ1n) is 6.27. The third kappa shape index (κ3) is 5.02. The number of aliphatic hydroxyl groups is 2. The van der Waals surface area contributed by atoms with Crippen LogP contribution in [0.15, 0.2) is 18.2 Å². The second-order valence-electron chi connectivity index (χ2n) is 4.55. The Morgan fingerprint density at radius 1 is 1.41 bits per heavy atom. The Morgan fingerprint density at radius 2 is 2.05 bits per heavy atom. The van der Waals surface area contributed by atoms with Crippen LogP contribution in [0.1, 0.15) is 36.1 Å². The normalized spacial score (nSPS) is 14.2. The van der Waals surface area contributed by atoms with Gasteiger partial charge in [-0.15, -0.1) is 0 Å². The lowest BCUT2D eigenvalue weighted by Crippen LogP contribution is -2.22. The summed E-state index contributed by atoms with van der Waals surface area (Å²) in [6, 6.07) is 4.35. The van der Waals surface area contributed by atoms with Crippen molar-refractivity contribution in [1.82, 2.24) is 0 Å². The summed E-state index contributed by atoms with van der Waals surface area (Å²) in [4.78, 5) is 10.8. The van der Waals surface area contributed by atoms with Crippen LogP contribution in [0.3, 0.4) is 0 Å². The fraction of sp³-hybridized carbons (Fsp3) is 0.429. The van der Waals surface area contributed by atoms with E-state index in [0.29, 0.717) is 6.07 Å². The van der Waals surface area contributed by atoms with Gasteiger partial charge in [-0.3, -0.25) is 4.79 Å². The molecule has 0 heterocycles. The van der Waals surface area contributed by atoms with Crippen molar-refractivity contribution in [3.8, 4) is 6.07 Å². The SMILES string of the molecule is CC(=O)SCCC(O)C(O)c1ccc(C#N)cc1C(F)(F)F. The highest BCUT2D eigenvalue weighted by atomic mass is 32.2. The van der Waals surface area contributed by atoms with Gasteiger partial charge in [0.25, 0.3) is 0 Å². The number of hydrogen-bond acceptors (Lipinski definition) is 5. The predicted molar refractivity (Wildman–Crippen MR) is 74.9 cm³/mol. The van der Waals surface area contributed by atoms with E-state index in [1.54, 1.807) is 6.07 Å². The molecule has 120 valence electrons. The van der Waals surface area contributed by atoms with E-state index < -0.39 is 29.5 Å². The standard InChI is InChI=1S/C14H14F3NO3S/c1-8(19)22-5-4-12(20)13(21)10-3-2-9(7-18)6-11(10)14(15,16)17/h2-3,6,12-13,20-21H,4-5H2,1H3. The molecule has 8 heteroatoms. The topological polar surface area (TPSA) is 81.3 Å². The number of rotatable bonds is 5. The molecular formula is C14H14F3NO3S. The van der Waals surface area contributed by atoms with Crippen molar-refractivity contribution < 1.29 is 28.2 Å². The van der Waals surface area contributed by atoms with Gasteiger partial charge in [-0.2, -0.15) is 18.4 Å². The van der Waals surface area contributed by atoms with Gasteiger partial charge in [0.15, 0.2) is 5.12 Å². The van der Waals surface area contributed by atoms with Gasteiger partial charge < -0.3 is 10.2 Å². The van der Waals surface area contributed by atoms with Gasteiger partial charge in [0.05, 0.1) is 23.3 Å². The van der Waals surface area contributed by atoms with Gasteiger partial charge in [0, 0.05) is 12.7 Å². The van der Waals surface area contributed by atoms with Crippen LogP contribution in [0.4, 0.5) is 13.2 Å². The second-order valence-corrected chi connectivity index (χ2v) is 5.82. The monoisotopic (exact) mass is 333 g/mol. The number of alkyl halides is 3. The molecule has 2 atom stereocenters. The smallest absolute Gasteiger partial charge is 0.390 e. The van der Waals surface area contributed by atoms with Crippen molar-refractivity contribution in [1.29, 1.82) is 5.26 Å². The largest absolute Gasteiger partial charge is 0.416 e. The second kappa shape index (κ2) is 7.63. The summed E-state index contributed by atoms with van der Waals surface area (Å²) in [7, 11) is 0. The molecule has 0 bridgehead atoms. The van der Waals surface area contributed by atoms with Gasteiger partial charge in [-0.1, -0.05) is 17.8 Å². The Bertz CT molecular complexity index is 584. The van der Waals surface area contributed by atoms with Crippen LogP contribution in [-0.2, 0) is 11.0 Å². The molecule has 0 aliphatic heterocycles. The predicted octanol–water partition coefficient (Wildman–Crippen LogP) is 2.64. The molecule has 0 saturated heterocycles. The van der Waals surface area contributed by atoms with Crippen molar-refractivity contribution in [3.05, 3.63) is 34.9 Å². The van der Waals surface area contributed by atoms with E-state index in [1.165, 1.54) is 6.92 Å². The van der Waals surface area contributed by atoms with E-state index in [-0.39, 0.29) is 22.9 Å². The van der Waals surface area contributed by atoms with Gasteiger partial charge in [0.1, 0.15) is 6.10 Å². The Morgan fingerprint density at radius 3 is 2.55 bits per heavy atom. The van der Waals surface area contributed by atoms with Gasteiger partial charge in [-0.05, 0) is 24.1 Å². The fourth-order valence-corrected chi connectivity index (χ4v) is 2.46. The minimum atomic E-state index is -4.75. The number of carbonyl (C=O) groups is 1. The molecule has 0 amide bonds. The zero-order valence-electron chi connectivity index (χ0n) is 11.6. The number of benzene rings is 1. The van der Waals surface area contributed by atoms with Gasteiger partial charge in [0.2, 0.25) is 0 Å². The average Bonchev–Trinajstić information content (AvgIpc) is 2.44. The zero-order valence-corrected chi connectivity index (χ0v) is 12.4. The summed E-state index contributed by atoms with van der Waals surface area (Å²) in [5, 5.41) is 28.2. The third-order valence-electron chi connectivity index (χ3n) is 2.89. The lowest BCUT2D eigenvalue weighted by atomic mass is 9.95. The Hall–Kier alpha value is -1.56. The summed E-state index contributed by atoms with van der Waals surface area (Å²) in [6.07, 6.45) is -7.99.